The van der Waals surface area contributed by atoms with Gasteiger partial charge in [0.1, 0.15) is 5.82 Å². The van der Waals surface area contributed by atoms with Gasteiger partial charge in [-0.05, 0) is 31.2 Å². The fourth-order valence-corrected chi connectivity index (χ4v) is 1.84. The van der Waals surface area contributed by atoms with Crippen molar-refractivity contribution in [2.75, 3.05) is 4.90 Å². The smallest absolute Gasteiger partial charge is 0.333 e. The lowest BCUT2D eigenvalue weighted by atomic mass is 10.2. The molecule has 0 atom stereocenters. The van der Waals surface area contributed by atoms with Crippen LogP contribution in [0.15, 0.2) is 35.5 Å². The van der Waals surface area contributed by atoms with E-state index >= 15 is 0 Å². The molecule has 0 unspecified atom stereocenters. The Morgan fingerprint density at radius 1 is 1.35 bits per heavy atom. The van der Waals surface area contributed by atoms with E-state index in [0.29, 0.717) is 11.4 Å². The van der Waals surface area contributed by atoms with Crippen molar-refractivity contribution in [3.8, 4) is 0 Å². The van der Waals surface area contributed by atoms with Crippen molar-refractivity contribution in [1.82, 2.24) is 0 Å². The molecule has 1 heterocycles. The molecular weight excluding hydrogens is 225 g/mol. The topological polar surface area (TPSA) is 57.6 Å². The second-order valence-electron chi connectivity index (χ2n) is 3.75. The van der Waals surface area contributed by atoms with E-state index in [2.05, 4.69) is 0 Å². The van der Waals surface area contributed by atoms with Gasteiger partial charge in [-0.25, -0.2) is 9.18 Å². The highest BCUT2D eigenvalue weighted by Crippen LogP contribution is 2.29. The lowest BCUT2D eigenvalue weighted by Gasteiger charge is -2.17. The molecule has 0 spiro atoms. The van der Waals surface area contributed by atoms with Gasteiger partial charge >= 0.3 is 5.97 Å². The average molecular weight is 235 g/mol. The highest BCUT2D eigenvalue weighted by molar-refractivity contribution is 6.08. The highest BCUT2D eigenvalue weighted by atomic mass is 19.1. The Balaban J connectivity index is 2.42. The minimum Gasteiger partial charge on any atom is -0.478 e. The van der Waals surface area contributed by atoms with Gasteiger partial charge in [-0.15, -0.1) is 0 Å². The number of hydrogen-bond donors (Lipinski definition) is 1. The van der Waals surface area contributed by atoms with Crippen molar-refractivity contribution in [1.29, 1.82) is 0 Å². The Kier molecular flexibility index (Phi) is 2.67. The lowest BCUT2D eigenvalue weighted by molar-refractivity contribution is -0.133. The Labute approximate surface area is 97.0 Å². The number of hydrogen-bond acceptors (Lipinski definition) is 2. The maximum atomic E-state index is 12.8. The number of allylic oxidation sites excluding steroid dienone is 1. The highest BCUT2D eigenvalue weighted by Gasteiger charge is 2.31. The largest absolute Gasteiger partial charge is 0.478 e. The van der Waals surface area contributed by atoms with Gasteiger partial charge in [-0.3, -0.25) is 9.69 Å². The van der Waals surface area contributed by atoms with Crippen molar-refractivity contribution in [2.24, 2.45) is 0 Å². The molecular formula is C12H10FNO3. The molecule has 1 aliphatic heterocycles. The van der Waals surface area contributed by atoms with Crippen LogP contribution in [0.3, 0.4) is 0 Å². The first kappa shape index (κ1) is 11.3. The van der Waals surface area contributed by atoms with E-state index in [-0.39, 0.29) is 17.9 Å². The number of anilines is 1. The van der Waals surface area contributed by atoms with Gasteiger partial charge in [0.2, 0.25) is 5.91 Å². The van der Waals surface area contributed by atoms with Crippen molar-refractivity contribution in [3.63, 3.8) is 0 Å². The third-order valence-corrected chi connectivity index (χ3v) is 2.69. The van der Waals surface area contributed by atoms with Crippen LogP contribution in [0.2, 0.25) is 0 Å². The molecule has 0 aromatic heterocycles. The molecule has 5 heteroatoms. The molecule has 1 amide bonds. The first-order chi connectivity index (χ1) is 8.00. The third kappa shape index (κ3) is 1.91. The van der Waals surface area contributed by atoms with Crippen molar-refractivity contribution in [2.45, 2.75) is 13.3 Å². The lowest BCUT2D eigenvalue weighted by Crippen LogP contribution is -2.23. The van der Waals surface area contributed by atoms with Crippen molar-refractivity contribution in [3.05, 3.63) is 41.4 Å². The summed E-state index contributed by atoms with van der Waals surface area (Å²) in [5.74, 6) is -1.81. The number of carbonyl (C=O) groups is 2. The quantitative estimate of drug-likeness (QED) is 0.851. The van der Waals surface area contributed by atoms with E-state index in [1.165, 1.54) is 29.2 Å². The number of carboxylic acid groups (broad SMARTS) is 1. The maximum Gasteiger partial charge on any atom is 0.333 e. The Morgan fingerprint density at radius 3 is 2.41 bits per heavy atom. The van der Waals surface area contributed by atoms with E-state index in [0.717, 1.165) is 0 Å². The summed E-state index contributed by atoms with van der Waals surface area (Å²) >= 11 is 0. The predicted molar refractivity (Wildman–Crippen MR) is 58.8 cm³/mol. The monoisotopic (exact) mass is 235 g/mol. The van der Waals surface area contributed by atoms with E-state index in [1.54, 1.807) is 6.92 Å². The Hall–Kier alpha value is -2.17. The molecule has 0 saturated heterocycles. The summed E-state index contributed by atoms with van der Waals surface area (Å²) < 4.78 is 12.8. The molecule has 0 aliphatic carbocycles. The summed E-state index contributed by atoms with van der Waals surface area (Å²) in [4.78, 5) is 23.9. The van der Waals surface area contributed by atoms with Gasteiger partial charge in [0.25, 0.3) is 0 Å². The van der Waals surface area contributed by atoms with Gasteiger partial charge in [-0.1, -0.05) is 0 Å². The molecule has 0 fully saturated rings. The Bertz CT molecular complexity index is 519. The SMILES string of the molecule is CC1=C(C(=O)O)CC(=O)N1c1ccc(F)cc1. The molecule has 1 aromatic carbocycles. The van der Waals surface area contributed by atoms with Crippen LogP contribution in [0, 0.1) is 5.82 Å². The molecule has 1 aromatic rings. The van der Waals surface area contributed by atoms with Crippen LogP contribution in [0.4, 0.5) is 10.1 Å². The number of nitrogens with zero attached hydrogens (tertiary/aromatic N) is 1. The first-order valence-corrected chi connectivity index (χ1v) is 5.02. The van der Waals surface area contributed by atoms with Crippen LogP contribution in [-0.2, 0) is 9.59 Å². The number of rotatable bonds is 2. The molecule has 0 saturated carbocycles. The van der Waals surface area contributed by atoms with Crippen LogP contribution in [0.1, 0.15) is 13.3 Å². The van der Waals surface area contributed by atoms with Crippen molar-refractivity contribution < 1.29 is 19.1 Å². The molecule has 0 bridgehead atoms. The molecule has 4 nitrogen and oxygen atoms in total. The van der Waals surface area contributed by atoms with Crippen LogP contribution in [0.25, 0.3) is 0 Å². The number of amides is 1. The van der Waals surface area contributed by atoms with Crippen molar-refractivity contribution >= 4 is 17.6 Å². The fraction of sp³-hybridized carbons (Fsp3) is 0.167. The normalized spacial score (nSPS) is 15.6. The average Bonchev–Trinajstić information content (AvgIpc) is 2.56. The molecule has 88 valence electrons. The third-order valence-electron chi connectivity index (χ3n) is 2.69. The zero-order valence-electron chi connectivity index (χ0n) is 9.11. The van der Waals surface area contributed by atoms with Gasteiger partial charge in [0.05, 0.1) is 12.0 Å². The molecule has 1 N–H and O–H groups in total. The number of carbonyl (C=O) groups excluding carboxylic acids is 1. The summed E-state index contributed by atoms with van der Waals surface area (Å²) in [5, 5.41) is 8.91. The van der Waals surface area contributed by atoms with Gasteiger partial charge < -0.3 is 5.11 Å². The second-order valence-corrected chi connectivity index (χ2v) is 3.75. The summed E-state index contributed by atoms with van der Waals surface area (Å²) in [6.45, 7) is 1.57. The molecule has 1 aliphatic rings. The van der Waals surface area contributed by atoms with Crippen LogP contribution in [-0.4, -0.2) is 17.0 Å². The van der Waals surface area contributed by atoms with E-state index in [4.69, 9.17) is 5.11 Å². The Morgan fingerprint density at radius 2 is 1.94 bits per heavy atom. The second kappa shape index (κ2) is 4.01. The maximum absolute atomic E-state index is 12.8. The number of benzene rings is 1. The molecule has 17 heavy (non-hydrogen) atoms. The fourth-order valence-electron chi connectivity index (χ4n) is 1.84. The molecule has 2 rings (SSSR count). The van der Waals surface area contributed by atoms with Crippen LogP contribution < -0.4 is 4.90 Å². The van der Waals surface area contributed by atoms with E-state index in [1.807, 2.05) is 0 Å². The van der Waals surface area contributed by atoms with Crippen LogP contribution >= 0.6 is 0 Å². The number of carboxylic acids is 1. The summed E-state index contributed by atoms with van der Waals surface area (Å²) in [7, 11) is 0. The van der Waals surface area contributed by atoms with Crippen LogP contribution in [0.5, 0.6) is 0 Å². The summed E-state index contributed by atoms with van der Waals surface area (Å²) in [5.41, 5.74) is 0.943. The predicted octanol–water partition coefficient (Wildman–Crippen LogP) is 1.92. The van der Waals surface area contributed by atoms with E-state index in [9.17, 15) is 14.0 Å². The van der Waals surface area contributed by atoms with Gasteiger partial charge in [0.15, 0.2) is 0 Å². The zero-order chi connectivity index (χ0) is 12.6. The van der Waals surface area contributed by atoms with Gasteiger partial charge in [-0.2, -0.15) is 0 Å². The van der Waals surface area contributed by atoms with Gasteiger partial charge in [0, 0.05) is 11.4 Å². The number of aliphatic carboxylic acids is 1. The standard InChI is InChI=1S/C12H10FNO3/c1-7-10(12(16)17)6-11(15)14(7)9-4-2-8(13)3-5-9/h2-5H,6H2,1H3,(H,16,17). The molecule has 0 radical (unpaired) electrons. The van der Waals surface area contributed by atoms with E-state index < -0.39 is 11.8 Å². The summed E-state index contributed by atoms with van der Waals surface area (Å²) in [6, 6.07) is 5.35. The zero-order valence-corrected chi connectivity index (χ0v) is 9.11. The minimum absolute atomic E-state index is 0.0827. The first-order valence-electron chi connectivity index (χ1n) is 5.02. The minimum atomic E-state index is -1.10. The summed E-state index contributed by atoms with van der Waals surface area (Å²) in [6.07, 6.45) is -0.126. The number of halogens is 1.